The maximum Gasteiger partial charge on any atom is 0.407 e. The molecule has 0 aromatic heterocycles. The van der Waals surface area contributed by atoms with E-state index >= 15 is 0 Å². The Labute approximate surface area is 128 Å². The number of amides is 1. The second-order valence-corrected chi connectivity index (χ2v) is 6.30. The number of ether oxygens (including phenoxy) is 2. The first-order chi connectivity index (χ1) is 9.52. The number of carbonyl (C=O) groups is 2. The first-order valence-electron chi connectivity index (χ1n) is 7.22. The lowest BCUT2D eigenvalue weighted by atomic mass is 10.2. The second kappa shape index (κ2) is 9.21. The molecule has 1 saturated carbocycles. The van der Waals surface area contributed by atoms with Gasteiger partial charge in [-0.25, -0.2) is 9.59 Å². The topological polar surface area (TPSA) is 64.6 Å². The van der Waals surface area contributed by atoms with Gasteiger partial charge in [0.2, 0.25) is 0 Å². The monoisotopic (exact) mass is 349 g/mol. The van der Waals surface area contributed by atoms with E-state index in [2.05, 4.69) is 21.2 Å². The normalized spacial score (nSPS) is 17.0. The minimum atomic E-state index is -0.644. The van der Waals surface area contributed by atoms with Crippen LogP contribution in [-0.2, 0) is 14.3 Å². The van der Waals surface area contributed by atoms with E-state index in [0.717, 1.165) is 25.7 Å². The average molecular weight is 350 g/mol. The molecule has 0 radical (unpaired) electrons. The van der Waals surface area contributed by atoms with Gasteiger partial charge in [-0.2, -0.15) is 0 Å². The zero-order chi connectivity index (χ0) is 15.0. The van der Waals surface area contributed by atoms with Crippen molar-refractivity contribution >= 4 is 28.0 Å². The molecule has 1 atom stereocenters. The van der Waals surface area contributed by atoms with E-state index in [1.807, 2.05) is 13.8 Å². The minimum absolute atomic E-state index is 0.00816. The fourth-order valence-electron chi connectivity index (χ4n) is 2.04. The van der Waals surface area contributed by atoms with Crippen molar-refractivity contribution in [2.45, 2.75) is 58.1 Å². The molecule has 0 saturated heterocycles. The third-order valence-electron chi connectivity index (χ3n) is 3.11. The van der Waals surface area contributed by atoms with Gasteiger partial charge in [0.1, 0.15) is 12.1 Å². The van der Waals surface area contributed by atoms with Gasteiger partial charge in [0.25, 0.3) is 0 Å². The molecule has 0 aromatic rings. The summed E-state index contributed by atoms with van der Waals surface area (Å²) in [5.74, 6) is -0.0985. The van der Waals surface area contributed by atoms with Gasteiger partial charge in [-0.15, -0.1) is 0 Å². The lowest BCUT2D eigenvalue weighted by Gasteiger charge is -2.19. The quantitative estimate of drug-likeness (QED) is 0.566. The van der Waals surface area contributed by atoms with E-state index in [9.17, 15) is 9.59 Å². The van der Waals surface area contributed by atoms with E-state index in [4.69, 9.17) is 9.47 Å². The van der Waals surface area contributed by atoms with Crippen molar-refractivity contribution in [2.75, 3.05) is 11.9 Å². The van der Waals surface area contributed by atoms with Crippen LogP contribution in [0.5, 0.6) is 0 Å². The van der Waals surface area contributed by atoms with Crippen LogP contribution in [-0.4, -0.2) is 36.1 Å². The van der Waals surface area contributed by atoms with Crippen molar-refractivity contribution in [3.8, 4) is 0 Å². The van der Waals surface area contributed by atoms with Crippen molar-refractivity contribution in [1.82, 2.24) is 5.32 Å². The Morgan fingerprint density at radius 1 is 1.30 bits per heavy atom. The predicted octanol–water partition coefficient (Wildman–Crippen LogP) is 3.01. The number of rotatable bonds is 7. The third kappa shape index (κ3) is 6.59. The SMILES string of the molecule is CC(C)COC(=O)NC(CCBr)C(=O)OC1CCCC1. The van der Waals surface area contributed by atoms with Crippen LogP contribution >= 0.6 is 15.9 Å². The molecule has 1 aliphatic rings. The Balaban J connectivity index is 2.41. The molecule has 5 nitrogen and oxygen atoms in total. The number of hydrogen-bond donors (Lipinski definition) is 1. The van der Waals surface area contributed by atoms with Crippen LogP contribution in [0.3, 0.4) is 0 Å². The number of carbonyl (C=O) groups excluding carboxylic acids is 2. The molecule has 0 heterocycles. The van der Waals surface area contributed by atoms with Crippen molar-refractivity contribution < 1.29 is 19.1 Å². The molecular formula is C14H24BrNO4. The van der Waals surface area contributed by atoms with E-state index in [-0.39, 0.29) is 18.0 Å². The first-order valence-corrected chi connectivity index (χ1v) is 8.34. The number of halogens is 1. The van der Waals surface area contributed by atoms with Crippen LogP contribution in [0, 0.1) is 5.92 Å². The first kappa shape index (κ1) is 17.3. The van der Waals surface area contributed by atoms with Gasteiger partial charge in [-0.05, 0) is 38.0 Å². The van der Waals surface area contributed by atoms with E-state index in [0.29, 0.717) is 18.4 Å². The molecule has 1 unspecified atom stereocenters. The van der Waals surface area contributed by atoms with Crippen LogP contribution in [0.2, 0.25) is 0 Å². The van der Waals surface area contributed by atoms with Gasteiger partial charge >= 0.3 is 12.1 Å². The summed E-state index contributed by atoms with van der Waals surface area (Å²) in [4.78, 5) is 23.7. The van der Waals surface area contributed by atoms with E-state index < -0.39 is 12.1 Å². The fourth-order valence-corrected chi connectivity index (χ4v) is 2.49. The molecule has 0 aliphatic heterocycles. The van der Waals surface area contributed by atoms with Crippen LogP contribution in [0.15, 0.2) is 0 Å². The van der Waals surface area contributed by atoms with Crippen molar-refractivity contribution in [3.05, 3.63) is 0 Å². The third-order valence-corrected chi connectivity index (χ3v) is 3.57. The summed E-state index contributed by atoms with van der Waals surface area (Å²) in [6, 6.07) is -0.644. The van der Waals surface area contributed by atoms with E-state index in [1.54, 1.807) is 0 Å². The zero-order valence-corrected chi connectivity index (χ0v) is 13.8. The summed E-state index contributed by atoms with van der Waals surface area (Å²) in [5, 5.41) is 3.19. The van der Waals surface area contributed by atoms with Gasteiger partial charge in [-0.3, -0.25) is 0 Å². The highest BCUT2D eigenvalue weighted by Gasteiger charge is 2.26. The molecule has 0 bridgehead atoms. The zero-order valence-electron chi connectivity index (χ0n) is 12.2. The number of esters is 1. The number of nitrogens with one attached hydrogen (secondary N) is 1. The Morgan fingerprint density at radius 2 is 1.95 bits per heavy atom. The molecule has 0 aromatic carbocycles. The van der Waals surface area contributed by atoms with Crippen molar-refractivity contribution in [2.24, 2.45) is 5.92 Å². The Kier molecular flexibility index (Phi) is 7.95. The summed E-state index contributed by atoms with van der Waals surface area (Å²) in [6.07, 6.45) is 3.98. The molecule has 0 spiro atoms. The molecule has 20 heavy (non-hydrogen) atoms. The van der Waals surface area contributed by atoms with Crippen LogP contribution in [0.4, 0.5) is 4.79 Å². The molecule has 116 valence electrons. The van der Waals surface area contributed by atoms with Gasteiger partial charge in [-0.1, -0.05) is 29.8 Å². The largest absolute Gasteiger partial charge is 0.461 e. The Hall–Kier alpha value is -0.780. The van der Waals surface area contributed by atoms with Gasteiger partial charge in [0, 0.05) is 5.33 Å². The molecule has 1 N–H and O–H groups in total. The number of alkyl carbamates (subject to hydrolysis) is 1. The molecule has 1 fully saturated rings. The molecule has 1 aliphatic carbocycles. The van der Waals surface area contributed by atoms with Crippen molar-refractivity contribution in [1.29, 1.82) is 0 Å². The Bertz CT molecular complexity index is 316. The maximum atomic E-state index is 12.0. The van der Waals surface area contributed by atoms with Crippen LogP contribution in [0.1, 0.15) is 46.0 Å². The number of alkyl halides is 1. The smallest absolute Gasteiger partial charge is 0.407 e. The lowest BCUT2D eigenvalue weighted by molar-refractivity contribution is -0.151. The highest BCUT2D eigenvalue weighted by molar-refractivity contribution is 9.09. The summed E-state index contributed by atoms with van der Waals surface area (Å²) < 4.78 is 10.4. The summed E-state index contributed by atoms with van der Waals surface area (Å²) in [6.45, 7) is 4.25. The summed E-state index contributed by atoms with van der Waals surface area (Å²) in [7, 11) is 0. The molecule has 1 amide bonds. The minimum Gasteiger partial charge on any atom is -0.461 e. The molecule has 1 rings (SSSR count). The summed E-state index contributed by atoms with van der Waals surface area (Å²) in [5.41, 5.74) is 0. The predicted molar refractivity (Wildman–Crippen MR) is 79.9 cm³/mol. The van der Waals surface area contributed by atoms with Crippen molar-refractivity contribution in [3.63, 3.8) is 0 Å². The summed E-state index contributed by atoms with van der Waals surface area (Å²) >= 11 is 3.28. The van der Waals surface area contributed by atoms with Gasteiger partial charge in [0.15, 0.2) is 0 Å². The average Bonchev–Trinajstić information content (AvgIpc) is 2.88. The van der Waals surface area contributed by atoms with Gasteiger partial charge < -0.3 is 14.8 Å². The number of hydrogen-bond acceptors (Lipinski definition) is 4. The molecule has 6 heteroatoms. The van der Waals surface area contributed by atoms with E-state index in [1.165, 1.54) is 0 Å². The Morgan fingerprint density at radius 3 is 2.50 bits per heavy atom. The highest BCUT2D eigenvalue weighted by atomic mass is 79.9. The fraction of sp³-hybridized carbons (Fsp3) is 0.857. The standard InChI is InChI=1S/C14H24BrNO4/c1-10(2)9-19-14(18)16-12(7-8-15)13(17)20-11-5-3-4-6-11/h10-12H,3-9H2,1-2H3,(H,16,18). The second-order valence-electron chi connectivity index (χ2n) is 5.51. The van der Waals surface area contributed by atoms with Gasteiger partial charge in [0.05, 0.1) is 6.61 Å². The highest BCUT2D eigenvalue weighted by Crippen LogP contribution is 2.21. The van der Waals surface area contributed by atoms with Crippen LogP contribution < -0.4 is 5.32 Å². The maximum absolute atomic E-state index is 12.0. The lowest BCUT2D eigenvalue weighted by Crippen LogP contribution is -2.43. The molecular weight excluding hydrogens is 326 g/mol. The van der Waals surface area contributed by atoms with Crippen LogP contribution in [0.25, 0.3) is 0 Å².